The quantitative estimate of drug-likeness (QED) is 0.585. The standard InChI is InChI=1S/C22H24N6O2/c1-13(2)19(21-24-15-10-6-7-11-16(15)25-21)26-22(30)17-12-18(20(23)29)28(27-17)14-8-4-3-5-9-14/h3-11,13,18-19H,12H2,1-2H3,(H2,23,29)(H,24,25)(H,26,30)/t18?,19-/m0/s1. The summed E-state index contributed by atoms with van der Waals surface area (Å²) < 4.78 is 0. The van der Waals surface area contributed by atoms with E-state index in [0.717, 1.165) is 11.0 Å². The van der Waals surface area contributed by atoms with Crippen molar-refractivity contribution in [2.45, 2.75) is 32.4 Å². The van der Waals surface area contributed by atoms with E-state index < -0.39 is 11.9 Å². The first-order valence-corrected chi connectivity index (χ1v) is 9.90. The maximum Gasteiger partial charge on any atom is 0.268 e. The Morgan fingerprint density at radius 1 is 1.13 bits per heavy atom. The Labute approximate surface area is 174 Å². The minimum Gasteiger partial charge on any atom is -0.368 e. The Kier molecular flexibility index (Phi) is 5.22. The number of nitrogens with one attached hydrogen (secondary N) is 2. The number of hydrazone groups is 1. The first kappa shape index (κ1) is 19.6. The van der Waals surface area contributed by atoms with Crippen molar-refractivity contribution in [2.24, 2.45) is 16.8 Å². The molecule has 0 bridgehead atoms. The molecule has 0 radical (unpaired) electrons. The molecule has 4 N–H and O–H groups in total. The van der Waals surface area contributed by atoms with Crippen molar-refractivity contribution in [3.63, 3.8) is 0 Å². The minimum atomic E-state index is -0.697. The van der Waals surface area contributed by atoms with Crippen LogP contribution >= 0.6 is 0 Å². The van der Waals surface area contributed by atoms with Gasteiger partial charge < -0.3 is 16.0 Å². The van der Waals surface area contributed by atoms with E-state index in [1.165, 1.54) is 5.01 Å². The van der Waals surface area contributed by atoms with Gasteiger partial charge >= 0.3 is 0 Å². The number of carbonyl (C=O) groups is 2. The number of amides is 2. The van der Waals surface area contributed by atoms with Crippen molar-refractivity contribution in [1.29, 1.82) is 0 Å². The van der Waals surface area contributed by atoms with Crippen LogP contribution in [0.2, 0.25) is 0 Å². The summed E-state index contributed by atoms with van der Waals surface area (Å²) in [6.07, 6.45) is 0.154. The van der Waals surface area contributed by atoms with Gasteiger partial charge in [0, 0.05) is 6.42 Å². The first-order valence-electron chi connectivity index (χ1n) is 9.90. The third-order valence-electron chi connectivity index (χ3n) is 5.18. The van der Waals surface area contributed by atoms with Gasteiger partial charge in [-0.15, -0.1) is 0 Å². The fraction of sp³-hybridized carbons (Fsp3) is 0.273. The van der Waals surface area contributed by atoms with Crippen LogP contribution in [0.3, 0.4) is 0 Å². The van der Waals surface area contributed by atoms with Crippen LogP contribution in [-0.4, -0.2) is 33.5 Å². The summed E-state index contributed by atoms with van der Waals surface area (Å²) in [4.78, 5) is 32.9. The van der Waals surface area contributed by atoms with E-state index >= 15 is 0 Å². The molecule has 1 aliphatic rings. The number of rotatable bonds is 6. The lowest BCUT2D eigenvalue weighted by molar-refractivity contribution is -0.119. The number of imidazole rings is 1. The molecular weight excluding hydrogens is 380 g/mol. The van der Waals surface area contributed by atoms with Gasteiger partial charge in [0.25, 0.3) is 5.91 Å². The second-order valence-corrected chi connectivity index (χ2v) is 7.68. The number of nitrogens with zero attached hydrogens (tertiary/aromatic N) is 3. The highest BCUT2D eigenvalue weighted by Gasteiger charge is 2.36. The summed E-state index contributed by atoms with van der Waals surface area (Å²) in [6.45, 7) is 4.02. The van der Waals surface area contributed by atoms with Gasteiger partial charge in [-0.05, 0) is 30.2 Å². The van der Waals surface area contributed by atoms with Crippen molar-refractivity contribution in [3.8, 4) is 0 Å². The monoisotopic (exact) mass is 404 g/mol. The highest BCUT2D eigenvalue weighted by atomic mass is 16.2. The van der Waals surface area contributed by atoms with Crippen LogP contribution in [0.5, 0.6) is 0 Å². The number of hydrogen-bond donors (Lipinski definition) is 3. The topological polar surface area (TPSA) is 116 Å². The van der Waals surface area contributed by atoms with Crippen LogP contribution in [0, 0.1) is 5.92 Å². The molecule has 8 nitrogen and oxygen atoms in total. The molecule has 1 aromatic heterocycles. The van der Waals surface area contributed by atoms with Crippen LogP contribution in [0.1, 0.15) is 32.1 Å². The first-order chi connectivity index (χ1) is 14.4. The Morgan fingerprint density at radius 2 is 1.83 bits per heavy atom. The highest BCUT2D eigenvalue weighted by molar-refractivity contribution is 6.40. The predicted molar refractivity (Wildman–Crippen MR) is 116 cm³/mol. The zero-order valence-corrected chi connectivity index (χ0v) is 16.9. The lowest BCUT2D eigenvalue weighted by Gasteiger charge is -2.20. The number of fused-ring (bicyclic) bond motifs is 1. The van der Waals surface area contributed by atoms with Gasteiger partial charge in [0.15, 0.2) is 0 Å². The van der Waals surface area contributed by atoms with Crippen molar-refractivity contribution < 1.29 is 9.59 Å². The van der Waals surface area contributed by atoms with Gasteiger partial charge in [-0.25, -0.2) is 4.98 Å². The molecule has 0 saturated heterocycles. The highest BCUT2D eigenvalue weighted by Crippen LogP contribution is 2.26. The molecule has 0 spiro atoms. The Morgan fingerprint density at radius 3 is 2.50 bits per heavy atom. The number of primary amides is 1. The lowest BCUT2D eigenvalue weighted by atomic mass is 10.0. The number of carbonyl (C=O) groups excluding carboxylic acids is 2. The summed E-state index contributed by atoms with van der Waals surface area (Å²) in [5, 5.41) is 8.96. The van der Waals surface area contributed by atoms with Gasteiger partial charge in [0.2, 0.25) is 5.91 Å². The zero-order valence-electron chi connectivity index (χ0n) is 16.9. The van der Waals surface area contributed by atoms with Gasteiger partial charge in [-0.1, -0.05) is 44.2 Å². The summed E-state index contributed by atoms with van der Waals surface area (Å²) in [6, 6.07) is 15.9. The van der Waals surface area contributed by atoms with Gasteiger partial charge in [-0.2, -0.15) is 5.10 Å². The molecule has 1 aliphatic heterocycles. The van der Waals surface area contributed by atoms with Crippen LogP contribution in [0.25, 0.3) is 11.0 Å². The number of para-hydroxylation sites is 3. The lowest BCUT2D eigenvalue weighted by Crippen LogP contribution is -2.40. The number of H-pyrrole nitrogens is 1. The maximum atomic E-state index is 13.0. The molecule has 0 aliphatic carbocycles. The number of aromatic nitrogens is 2. The van der Waals surface area contributed by atoms with Crippen LogP contribution < -0.4 is 16.1 Å². The molecule has 30 heavy (non-hydrogen) atoms. The molecule has 2 amide bonds. The normalized spacial score (nSPS) is 17.2. The molecule has 2 heterocycles. The van der Waals surface area contributed by atoms with E-state index in [1.807, 2.05) is 68.4 Å². The molecule has 0 saturated carbocycles. The Balaban J connectivity index is 1.58. The van der Waals surface area contributed by atoms with Crippen molar-refractivity contribution in [3.05, 3.63) is 60.4 Å². The molecule has 3 aromatic rings. The number of hydrogen-bond acceptors (Lipinski definition) is 5. The van der Waals surface area contributed by atoms with Gasteiger partial charge in [0.05, 0.1) is 22.8 Å². The fourth-order valence-corrected chi connectivity index (χ4v) is 3.58. The minimum absolute atomic E-state index is 0.0914. The largest absolute Gasteiger partial charge is 0.368 e. The Hall–Kier alpha value is -3.68. The SMILES string of the molecule is CC(C)[C@H](NC(=O)C1=NN(c2ccccc2)C(C(N)=O)C1)c1nc2ccccc2[nH]1. The van der Waals surface area contributed by atoms with E-state index in [9.17, 15) is 9.59 Å². The molecule has 2 aromatic carbocycles. The summed E-state index contributed by atoms with van der Waals surface area (Å²) in [5.74, 6) is -0.0832. The summed E-state index contributed by atoms with van der Waals surface area (Å²) in [7, 11) is 0. The number of nitrogens with two attached hydrogens (primary N) is 1. The summed E-state index contributed by atoms with van der Waals surface area (Å²) >= 11 is 0. The molecule has 0 fully saturated rings. The average molecular weight is 404 g/mol. The number of benzene rings is 2. The molecule has 2 atom stereocenters. The third kappa shape index (κ3) is 3.76. The Bertz CT molecular complexity index is 1070. The fourth-order valence-electron chi connectivity index (χ4n) is 3.58. The van der Waals surface area contributed by atoms with Gasteiger partial charge in [-0.3, -0.25) is 14.6 Å². The smallest absolute Gasteiger partial charge is 0.268 e. The van der Waals surface area contributed by atoms with Gasteiger partial charge in [0.1, 0.15) is 17.6 Å². The third-order valence-corrected chi connectivity index (χ3v) is 5.18. The van der Waals surface area contributed by atoms with Crippen LogP contribution in [-0.2, 0) is 9.59 Å². The summed E-state index contributed by atoms with van der Waals surface area (Å²) in [5.41, 5.74) is 8.30. The van der Waals surface area contributed by atoms with Crippen molar-refractivity contribution in [1.82, 2.24) is 15.3 Å². The van der Waals surface area contributed by atoms with E-state index in [2.05, 4.69) is 20.4 Å². The van der Waals surface area contributed by atoms with E-state index in [1.54, 1.807) is 0 Å². The van der Waals surface area contributed by atoms with E-state index in [4.69, 9.17) is 5.73 Å². The molecule has 8 heteroatoms. The molecular formula is C22H24N6O2. The van der Waals surface area contributed by atoms with Crippen molar-refractivity contribution in [2.75, 3.05) is 5.01 Å². The number of aromatic amines is 1. The van der Waals surface area contributed by atoms with E-state index in [0.29, 0.717) is 11.5 Å². The second kappa shape index (κ2) is 7.98. The molecule has 1 unspecified atom stereocenters. The van der Waals surface area contributed by atoms with Crippen LogP contribution in [0.4, 0.5) is 5.69 Å². The average Bonchev–Trinajstić information content (AvgIpc) is 3.37. The predicted octanol–water partition coefficient (Wildman–Crippen LogP) is 2.50. The van der Waals surface area contributed by atoms with Crippen LogP contribution in [0.15, 0.2) is 59.7 Å². The molecule has 4 rings (SSSR count). The maximum absolute atomic E-state index is 13.0. The zero-order chi connectivity index (χ0) is 21.3. The van der Waals surface area contributed by atoms with Crippen molar-refractivity contribution >= 4 is 34.2 Å². The molecule has 154 valence electrons. The number of anilines is 1. The van der Waals surface area contributed by atoms with E-state index in [-0.39, 0.29) is 30.0 Å². The second-order valence-electron chi connectivity index (χ2n) is 7.68.